The van der Waals surface area contributed by atoms with Gasteiger partial charge in [-0.1, -0.05) is 51.0 Å². The van der Waals surface area contributed by atoms with Crippen LogP contribution < -0.4 is 5.73 Å². The standard InChI is InChI=1S/C19H30N2/c1-14(2)11-12-21(15-7-3-4-8-15)19-13-18(20)16-9-5-6-10-17(16)19/h5-6,9-10,14-15,18-19H,3-4,7-8,11-13,20H2,1-2H3. The number of nitrogens with zero attached hydrogens (tertiary/aromatic N) is 1. The van der Waals surface area contributed by atoms with Gasteiger partial charge in [-0.25, -0.2) is 0 Å². The van der Waals surface area contributed by atoms with Crippen molar-refractivity contribution in [2.75, 3.05) is 6.54 Å². The van der Waals surface area contributed by atoms with Crippen LogP contribution in [0, 0.1) is 5.92 Å². The van der Waals surface area contributed by atoms with Gasteiger partial charge in [-0.15, -0.1) is 0 Å². The lowest BCUT2D eigenvalue weighted by Gasteiger charge is -2.35. The van der Waals surface area contributed by atoms with Gasteiger partial charge in [0.25, 0.3) is 0 Å². The molecular formula is C19H30N2. The zero-order valence-corrected chi connectivity index (χ0v) is 13.6. The van der Waals surface area contributed by atoms with Crippen LogP contribution >= 0.6 is 0 Å². The zero-order valence-electron chi connectivity index (χ0n) is 13.6. The molecule has 3 rings (SSSR count). The van der Waals surface area contributed by atoms with Crippen LogP contribution in [0.3, 0.4) is 0 Å². The second kappa shape index (κ2) is 6.50. The summed E-state index contributed by atoms with van der Waals surface area (Å²) in [6.45, 7) is 5.90. The van der Waals surface area contributed by atoms with E-state index in [9.17, 15) is 0 Å². The maximum Gasteiger partial charge on any atom is 0.0372 e. The van der Waals surface area contributed by atoms with E-state index in [-0.39, 0.29) is 6.04 Å². The molecule has 0 radical (unpaired) electrons. The summed E-state index contributed by atoms with van der Waals surface area (Å²) in [5.41, 5.74) is 9.29. The third kappa shape index (κ3) is 3.17. The molecule has 1 aromatic rings. The van der Waals surface area contributed by atoms with Crippen molar-refractivity contribution in [1.82, 2.24) is 4.90 Å². The van der Waals surface area contributed by atoms with Gasteiger partial charge in [0, 0.05) is 18.1 Å². The van der Waals surface area contributed by atoms with E-state index in [0.717, 1.165) is 18.4 Å². The first-order valence-electron chi connectivity index (χ1n) is 8.77. The van der Waals surface area contributed by atoms with Crippen LogP contribution in [0.4, 0.5) is 0 Å². The first-order valence-corrected chi connectivity index (χ1v) is 8.77. The monoisotopic (exact) mass is 286 g/mol. The zero-order chi connectivity index (χ0) is 14.8. The lowest BCUT2D eigenvalue weighted by atomic mass is 10.0. The third-order valence-corrected chi connectivity index (χ3v) is 5.39. The Bertz CT molecular complexity index is 462. The minimum atomic E-state index is 0.231. The van der Waals surface area contributed by atoms with Gasteiger partial charge < -0.3 is 5.73 Å². The Morgan fingerprint density at radius 1 is 1.14 bits per heavy atom. The van der Waals surface area contributed by atoms with Gasteiger partial charge >= 0.3 is 0 Å². The summed E-state index contributed by atoms with van der Waals surface area (Å²) in [4.78, 5) is 2.80. The van der Waals surface area contributed by atoms with Gasteiger partial charge in [0.05, 0.1) is 0 Å². The summed E-state index contributed by atoms with van der Waals surface area (Å²) in [6, 6.07) is 10.4. The summed E-state index contributed by atoms with van der Waals surface area (Å²) in [6.07, 6.45) is 7.98. The molecule has 21 heavy (non-hydrogen) atoms. The molecule has 1 aromatic carbocycles. The van der Waals surface area contributed by atoms with Crippen molar-refractivity contribution in [3.63, 3.8) is 0 Å². The Balaban J connectivity index is 1.82. The van der Waals surface area contributed by atoms with E-state index in [0.29, 0.717) is 6.04 Å². The van der Waals surface area contributed by atoms with E-state index in [4.69, 9.17) is 5.73 Å². The maximum atomic E-state index is 6.40. The molecule has 0 amide bonds. The molecule has 0 aliphatic heterocycles. The molecule has 1 saturated carbocycles. The van der Waals surface area contributed by atoms with Crippen molar-refractivity contribution in [3.8, 4) is 0 Å². The van der Waals surface area contributed by atoms with Crippen LogP contribution in [0.25, 0.3) is 0 Å². The molecule has 0 spiro atoms. The number of hydrogen-bond donors (Lipinski definition) is 1. The molecule has 2 atom stereocenters. The number of fused-ring (bicyclic) bond motifs is 1. The molecular weight excluding hydrogens is 256 g/mol. The van der Waals surface area contributed by atoms with Crippen molar-refractivity contribution in [3.05, 3.63) is 35.4 Å². The normalized spacial score (nSPS) is 26.0. The fourth-order valence-electron chi connectivity index (χ4n) is 4.20. The minimum absolute atomic E-state index is 0.231. The van der Waals surface area contributed by atoms with E-state index < -0.39 is 0 Å². The predicted octanol–water partition coefficient (Wildman–Crippen LogP) is 4.42. The first-order chi connectivity index (χ1) is 10.2. The lowest BCUT2D eigenvalue weighted by Crippen LogP contribution is -2.37. The van der Waals surface area contributed by atoms with Crippen molar-refractivity contribution in [2.45, 2.75) is 70.5 Å². The van der Waals surface area contributed by atoms with Crippen LogP contribution in [0.2, 0.25) is 0 Å². The molecule has 0 saturated heterocycles. The highest BCUT2D eigenvalue weighted by Gasteiger charge is 2.36. The fraction of sp³-hybridized carbons (Fsp3) is 0.684. The average molecular weight is 286 g/mol. The smallest absolute Gasteiger partial charge is 0.0372 e. The highest BCUT2D eigenvalue weighted by Crippen LogP contribution is 2.43. The highest BCUT2D eigenvalue weighted by atomic mass is 15.2. The summed E-state index contributed by atoms with van der Waals surface area (Å²) >= 11 is 0. The van der Waals surface area contributed by atoms with Crippen LogP contribution in [-0.2, 0) is 0 Å². The molecule has 2 heteroatoms. The fourth-order valence-corrected chi connectivity index (χ4v) is 4.20. The molecule has 2 aliphatic rings. The molecule has 1 fully saturated rings. The van der Waals surface area contributed by atoms with Gasteiger partial charge in [-0.3, -0.25) is 4.90 Å². The molecule has 0 heterocycles. The molecule has 2 N–H and O–H groups in total. The number of rotatable bonds is 5. The Morgan fingerprint density at radius 3 is 2.48 bits per heavy atom. The molecule has 0 aromatic heterocycles. The van der Waals surface area contributed by atoms with Gasteiger partial charge in [0.1, 0.15) is 0 Å². The number of hydrogen-bond acceptors (Lipinski definition) is 2. The van der Waals surface area contributed by atoms with Crippen molar-refractivity contribution >= 4 is 0 Å². The number of nitrogens with two attached hydrogens (primary N) is 1. The second-order valence-corrected chi connectivity index (χ2v) is 7.35. The first kappa shape index (κ1) is 15.1. The van der Waals surface area contributed by atoms with E-state index >= 15 is 0 Å². The van der Waals surface area contributed by atoms with E-state index in [1.165, 1.54) is 49.8 Å². The van der Waals surface area contributed by atoms with Gasteiger partial charge in [0.2, 0.25) is 0 Å². The van der Waals surface area contributed by atoms with E-state index in [1.54, 1.807) is 0 Å². The topological polar surface area (TPSA) is 29.3 Å². The molecule has 2 nitrogen and oxygen atoms in total. The van der Waals surface area contributed by atoms with Crippen LogP contribution in [0.5, 0.6) is 0 Å². The summed E-state index contributed by atoms with van der Waals surface area (Å²) in [7, 11) is 0. The molecule has 2 unspecified atom stereocenters. The largest absolute Gasteiger partial charge is 0.324 e. The third-order valence-electron chi connectivity index (χ3n) is 5.39. The van der Waals surface area contributed by atoms with E-state index in [1.807, 2.05) is 0 Å². The quantitative estimate of drug-likeness (QED) is 0.868. The van der Waals surface area contributed by atoms with E-state index in [2.05, 4.69) is 43.0 Å². The molecule has 2 aliphatic carbocycles. The molecule has 0 bridgehead atoms. The average Bonchev–Trinajstić information content (AvgIpc) is 3.09. The van der Waals surface area contributed by atoms with Crippen molar-refractivity contribution in [2.24, 2.45) is 11.7 Å². The molecule has 116 valence electrons. The van der Waals surface area contributed by atoms with Crippen LogP contribution in [0.15, 0.2) is 24.3 Å². The predicted molar refractivity (Wildman–Crippen MR) is 89.1 cm³/mol. The summed E-state index contributed by atoms with van der Waals surface area (Å²) < 4.78 is 0. The lowest BCUT2D eigenvalue weighted by molar-refractivity contribution is 0.124. The Hall–Kier alpha value is -0.860. The summed E-state index contributed by atoms with van der Waals surface area (Å²) in [5, 5.41) is 0. The van der Waals surface area contributed by atoms with Gasteiger partial charge in [-0.05, 0) is 49.3 Å². The van der Waals surface area contributed by atoms with Gasteiger partial charge in [0.15, 0.2) is 0 Å². The Kier molecular flexibility index (Phi) is 4.66. The number of benzene rings is 1. The Labute approximate surface area is 129 Å². The van der Waals surface area contributed by atoms with Gasteiger partial charge in [-0.2, -0.15) is 0 Å². The summed E-state index contributed by atoms with van der Waals surface area (Å²) in [5.74, 6) is 0.777. The highest BCUT2D eigenvalue weighted by molar-refractivity contribution is 5.37. The SMILES string of the molecule is CC(C)CCN(C1CCCC1)C1CC(N)c2ccccc21. The second-order valence-electron chi connectivity index (χ2n) is 7.35. The Morgan fingerprint density at radius 2 is 1.81 bits per heavy atom. The minimum Gasteiger partial charge on any atom is -0.324 e. The van der Waals surface area contributed by atoms with Crippen molar-refractivity contribution in [1.29, 1.82) is 0 Å². The van der Waals surface area contributed by atoms with Crippen LogP contribution in [-0.4, -0.2) is 17.5 Å². The van der Waals surface area contributed by atoms with Crippen molar-refractivity contribution < 1.29 is 0 Å². The maximum absolute atomic E-state index is 6.40. The van der Waals surface area contributed by atoms with Crippen LogP contribution in [0.1, 0.15) is 75.6 Å².